The van der Waals surface area contributed by atoms with Gasteiger partial charge < -0.3 is 10.2 Å². The van der Waals surface area contributed by atoms with Gasteiger partial charge in [0.25, 0.3) is 25.8 Å². The van der Waals surface area contributed by atoms with E-state index in [0.29, 0.717) is 42.2 Å². The van der Waals surface area contributed by atoms with Gasteiger partial charge in [-0.2, -0.15) is 13.2 Å². The Morgan fingerprint density at radius 2 is 1.57 bits per heavy atom. The van der Waals surface area contributed by atoms with Crippen molar-refractivity contribution in [2.75, 3.05) is 79.8 Å². The van der Waals surface area contributed by atoms with Gasteiger partial charge in [-0.25, -0.2) is 31.3 Å². The lowest BCUT2D eigenvalue weighted by Gasteiger charge is -2.39. The Morgan fingerprint density at radius 1 is 0.852 bits per heavy atom. The van der Waals surface area contributed by atoms with E-state index in [1.807, 2.05) is 53.3 Å². The molecule has 0 radical (unpaired) electrons. The number of nitrogens with zero attached hydrogens (tertiary/aromatic N) is 6. The third-order valence-electron chi connectivity index (χ3n) is 16.0. The molecule has 430 valence electrons. The summed E-state index contributed by atoms with van der Waals surface area (Å²) in [5.41, 5.74) is -0.192. The molecule has 0 saturated carbocycles. The van der Waals surface area contributed by atoms with Crippen LogP contribution < -0.4 is 25.2 Å². The van der Waals surface area contributed by atoms with Gasteiger partial charge in [-0.05, 0) is 127 Å². The molecule has 3 atom stereocenters. The predicted octanol–water partition coefficient (Wildman–Crippen LogP) is 9.30. The number of hydrogen-bond acceptors (Lipinski definition) is 14. The maximum absolute atomic E-state index is 14.5. The summed E-state index contributed by atoms with van der Waals surface area (Å²) in [6.45, 7) is 11.5. The van der Waals surface area contributed by atoms with Crippen molar-refractivity contribution >= 4 is 83.8 Å². The second-order valence-electron chi connectivity index (χ2n) is 22.3. The number of halogens is 4. The minimum Gasteiger partial charge on any atom is -0.380 e. The molecule has 4 amide bonds. The van der Waals surface area contributed by atoms with Gasteiger partial charge in [0.2, 0.25) is 5.91 Å². The van der Waals surface area contributed by atoms with Crippen molar-refractivity contribution in [1.82, 2.24) is 29.7 Å². The smallest absolute Gasteiger partial charge is 0.380 e. The van der Waals surface area contributed by atoms with Gasteiger partial charge in [-0.3, -0.25) is 34.5 Å². The number of aromatic nitrogens is 1. The molecule has 1 aliphatic carbocycles. The van der Waals surface area contributed by atoms with Crippen LogP contribution in [0.2, 0.25) is 5.02 Å². The summed E-state index contributed by atoms with van der Waals surface area (Å²) < 4.78 is 99.7. The molecule has 5 heterocycles. The van der Waals surface area contributed by atoms with Crippen LogP contribution in [0, 0.1) is 5.41 Å². The van der Waals surface area contributed by atoms with Crippen LogP contribution in [0.15, 0.2) is 136 Å². The van der Waals surface area contributed by atoms with Gasteiger partial charge in [-0.15, -0.1) is 11.8 Å². The summed E-state index contributed by atoms with van der Waals surface area (Å²) in [4.78, 5) is 51.5. The molecule has 1 aromatic heterocycles. The first-order valence-electron chi connectivity index (χ1n) is 27.1. The molecule has 4 aliphatic heterocycles. The number of benzene rings is 4. The second-order valence-corrected chi connectivity index (χ2v) is 27.4. The van der Waals surface area contributed by atoms with Gasteiger partial charge in [0.15, 0.2) is 0 Å². The van der Waals surface area contributed by atoms with E-state index in [-0.39, 0.29) is 41.9 Å². The minimum absolute atomic E-state index is 0.0178. The summed E-state index contributed by atoms with van der Waals surface area (Å²) in [6.07, 6.45) is 6.35. The largest absolute Gasteiger partial charge is 0.501 e. The average Bonchev–Trinajstić information content (AvgIpc) is 4.10. The van der Waals surface area contributed by atoms with Gasteiger partial charge in [-0.1, -0.05) is 67.4 Å². The first-order valence-corrected chi connectivity index (χ1v) is 31.5. The van der Waals surface area contributed by atoms with E-state index >= 15 is 0 Å². The van der Waals surface area contributed by atoms with E-state index < -0.39 is 58.8 Å². The predicted molar refractivity (Wildman–Crippen MR) is 309 cm³/mol. The number of fused-ring (bicyclic) bond motifs is 2. The zero-order chi connectivity index (χ0) is 57.3. The second kappa shape index (κ2) is 24.1. The number of sulfonamides is 1. The van der Waals surface area contributed by atoms with Crippen molar-refractivity contribution in [3.63, 3.8) is 0 Å². The number of urea groups is 1. The number of hydrogen-bond donors (Lipinski definition) is 3. The molecule has 5 aromatic rings. The van der Waals surface area contributed by atoms with Crippen LogP contribution in [0.25, 0.3) is 5.57 Å². The average molecular weight is 1190 g/mol. The van der Waals surface area contributed by atoms with Crippen LogP contribution in [-0.4, -0.2) is 143 Å². The molecule has 16 nitrogen and oxygen atoms in total. The monoisotopic (exact) mass is 1190 g/mol. The number of sulfone groups is 1. The van der Waals surface area contributed by atoms with Crippen molar-refractivity contribution in [3.05, 3.63) is 143 Å². The van der Waals surface area contributed by atoms with Crippen LogP contribution in [0.4, 0.5) is 35.2 Å². The van der Waals surface area contributed by atoms with Crippen molar-refractivity contribution in [3.8, 4) is 0 Å². The first-order chi connectivity index (χ1) is 38.6. The van der Waals surface area contributed by atoms with Crippen molar-refractivity contribution in [2.45, 2.75) is 97.2 Å². The number of imide groups is 1. The van der Waals surface area contributed by atoms with E-state index in [0.717, 1.165) is 99.8 Å². The van der Waals surface area contributed by atoms with Gasteiger partial charge in [0, 0.05) is 123 Å². The molecule has 4 fully saturated rings. The summed E-state index contributed by atoms with van der Waals surface area (Å²) in [5, 5.41) is 6.08. The highest BCUT2D eigenvalue weighted by atomic mass is 35.5. The number of amides is 4. The lowest BCUT2D eigenvalue weighted by molar-refractivity contribution is -0.120. The highest BCUT2D eigenvalue weighted by molar-refractivity contribution is 7.99. The molecule has 10 rings (SSSR count). The lowest BCUT2D eigenvalue weighted by atomic mass is 9.73. The molecular formula is C58H65ClF3N9O7S3. The Labute approximate surface area is 480 Å². The number of thioether (sulfide) groups is 1. The number of carbonyl (C=O) groups excluding carboxylic acids is 3. The fraction of sp³-hybridized carbons (Fsp3) is 0.414. The molecular weight excluding hydrogens is 1120 g/mol. The summed E-state index contributed by atoms with van der Waals surface area (Å²) in [6, 6.07) is 29.3. The molecule has 81 heavy (non-hydrogen) atoms. The highest BCUT2D eigenvalue weighted by Gasteiger charge is 2.49. The number of alkyl halides is 3. The molecule has 0 spiro atoms. The Balaban J connectivity index is 0.777. The van der Waals surface area contributed by atoms with Gasteiger partial charge >= 0.3 is 11.5 Å². The van der Waals surface area contributed by atoms with Crippen LogP contribution in [0.5, 0.6) is 0 Å². The molecule has 2 bridgehead atoms. The fourth-order valence-electron chi connectivity index (χ4n) is 11.6. The van der Waals surface area contributed by atoms with E-state index in [2.05, 4.69) is 61.2 Å². The lowest BCUT2D eigenvalue weighted by Crippen LogP contribution is -2.49. The number of allylic oxidation sites excluding steroid dienone is 1. The number of rotatable bonds is 19. The quantitative estimate of drug-likeness (QED) is 0.0665. The molecule has 4 saturated heterocycles. The Bertz CT molecular complexity index is 3390. The maximum atomic E-state index is 14.5. The maximum Gasteiger partial charge on any atom is 0.501 e. The first kappa shape index (κ1) is 58.2. The van der Waals surface area contributed by atoms with Crippen LogP contribution >= 0.6 is 23.4 Å². The number of anilines is 3. The standard InChI is InChI=1S/C58H65ClF3N9O7S3/c1-57(2)23-20-50(40-9-13-43(59)14-10-40)42(32-57)35-67-26-28-68(29-27-67)45-15-11-41(12-16-45)55(73)66-81(77,78)49-17-18-51(52(31-49)80(75,76)58(60,61)62)64-44(38-79-48-6-4-3-5-7-48)21-24-69-36-47-30-46(69)37-70(47)34-39-8-19-53(63-33-39)71-25-22-54(72)65-56(71)74/h3-19,31,33,44,46-47,64H,20-30,32,34-38H2,1-2H3,(H,66,73)(H,65,72,74)/t44-,46-,47-/m1/s1. The normalized spacial score (nSPS) is 20.6. The van der Waals surface area contributed by atoms with Crippen LogP contribution in [0.3, 0.4) is 0 Å². The van der Waals surface area contributed by atoms with Crippen molar-refractivity contribution < 1.29 is 44.4 Å². The van der Waals surface area contributed by atoms with Crippen LogP contribution in [-0.2, 0) is 31.2 Å². The van der Waals surface area contributed by atoms with Crippen LogP contribution in [0.1, 0.15) is 73.9 Å². The zero-order valence-electron chi connectivity index (χ0n) is 45.0. The van der Waals surface area contributed by atoms with E-state index in [4.69, 9.17) is 11.6 Å². The van der Waals surface area contributed by atoms with Crippen molar-refractivity contribution in [2.24, 2.45) is 5.41 Å². The SMILES string of the molecule is CC1(C)CCC(c2ccc(Cl)cc2)=C(CN2CCN(c3ccc(C(=O)NS(=O)(=O)c4ccc(N[C@H](CCN5C[C@H]6C[C@@H]5CN6Cc5ccc(N6CCC(=O)NC6=O)nc5)CSc5ccccc5)c(S(=O)(=O)C(F)(F)F)c4)cc3)CC2)C1. The summed E-state index contributed by atoms with van der Waals surface area (Å²) >= 11 is 7.65. The van der Waals surface area contributed by atoms with E-state index in [1.54, 1.807) is 24.4 Å². The zero-order valence-corrected chi connectivity index (χ0v) is 48.2. The number of pyridine rings is 1. The fourth-order valence-corrected chi connectivity index (χ4v) is 14.8. The molecule has 23 heteroatoms. The molecule has 0 unspecified atom stereocenters. The van der Waals surface area contributed by atoms with Gasteiger partial charge in [0.05, 0.1) is 10.6 Å². The van der Waals surface area contributed by atoms with Gasteiger partial charge in [0.1, 0.15) is 10.7 Å². The minimum atomic E-state index is -6.13. The topological polar surface area (TPSA) is 185 Å². The van der Waals surface area contributed by atoms with E-state index in [9.17, 15) is 44.4 Å². The Morgan fingerprint density at radius 3 is 2.23 bits per heavy atom. The Kier molecular flexibility index (Phi) is 17.3. The Hall–Kier alpha value is -6.01. The molecule has 3 N–H and O–H groups in total. The number of carbonyl (C=O) groups is 3. The number of piperazine rings is 2. The third kappa shape index (κ3) is 13.8. The highest BCUT2D eigenvalue weighted by Crippen LogP contribution is 2.43. The third-order valence-corrected chi connectivity index (χ3v) is 20.3. The number of nitrogens with one attached hydrogen (secondary N) is 3. The number of likely N-dealkylation sites (tertiary alicyclic amines) is 2. The summed E-state index contributed by atoms with van der Waals surface area (Å²) in [5.74, 6) is -0.579. The van der Waals surface area contributed by atoms with Crippen molar-refractivity contribution in [1.29, 1.82) is 0 Å². The molecule has 5 aliphatic rings. The van der Waals surface area contributed by atoms with E-state index in [1.165, 1.54) is 45.5 Å². The summed E-state index contributed by atoms with van der Waals surface area (Å²) in [7, 11) is -11.0. The molecule has 4 aromatic carbocycles.